The Morgan fingerprint density at radius 1 is 1.47 bits per heavy atom. The molecule has 0 aromatic heterocycles. The highest BCUT2D eigenvalue weighted by atomic mass is 16.5. The van der Waals surface area contributed by atoms with Crippen LogP contribution in [0.4, 0.5) is 0 Å². The minimum absolute atomic E-state index is 0.0606. The first kappa shape index (κ1) is 13.4. The van der Waals surface area contributed by atoms with Crippen molar-refractivity contribution in [2.75, 3.05) is 0 Å². The van der Waals surface area contributed by atoms with Gasteiger partial charge in [0, 0.05) is 12.0 Å². The van der Waals surface area contributed by atoms with Gasteiger partial charge in [0.15, 0.2) is 0 Å². The van der Waals surface area contributed by atoms with Crippen molar-refractivity contribution >= 4 is 5.91 Å². The summed E-state index contributed by atoms with van der Waals surface area (Å²) in [6, 6.07) is 5.44. The largest absolute Gasteiger partial charge is 0.491 e. The maximum Gasteiger partial charge on any atom is 0.274 e. The monoisotopic (exact) mass is 259 g/mol. The van der Waals surface area contributed by atoms with Gasteiger partial charge in [-0.1, -0.05) is 19.2 Å². The van der Waals surface area contributed by atoms with Crippen molar-refractivity contribution in [3.8, 4) is 0 Å². The molecule has 1 aromatic carbocycles. The molecule has 0 fully saturated rings. The fourth-order valence-corrected chi connectivity index (χ4v) is 2.29. The second-order valence-corrected chi connectivity index (χ2v) is 4.58. The van der Waals surface area contributed by atoms with Crippen LogP contribution in [0.5, 0.6) is 0 Å². The number of fused-ring (bicyclic) bond motifs is 1. The first-order chi connectivity index (χ1) is 9.13. The zero-order valence-corrected chi connectivity index (χ0v) is 10.7. The number of allylic oxidation sites excluding steroid dienone is 1. The number of nitrogens with one attached hydrogen (secondary N) is 1. The number of ether oxygens (including phenoxy) is 1. The van der Waals surface area contributed by atoms with E-state index < -0.39 is 5.91 Å². The smallest absolute Gasteiger partial charge is 0.274 e. The van der Waals surface area contributed by atoms with Crippen molar-refractivity contribution in [3.05, 3.63) is 59.9 Å². The van der Waals surface area contributed by atoms with Crippen LogP contribution in [-0.2, 0) is 17.6 Å². The van der Waals surface area contributed by atoms with Crippen molar-refractivity contribution in [2.24, 2.45) is 0 Å². The molecule has 2 N–H and O–H groups in total. The van der Waals surface area contributed by atoms with Crippen LogP contribution in [0.25, 0.3) is 0 Å². The van der Waals surface area contributed by atoms with Crippen molar-refractivity contribution in [1.82, 2.24) is 5.48 Å². The molecule has 1 aliphatic carbocycles. The van der Waals surface area contributed by atoms with E-state index in [0.29, 0.717) is 11.3 Å². The first-order valence-corrected chi connectivity index (χ1v) is 6.18. The Morgan fingerprint density at radius 2 is 2.26 bits per heavy atom. The van der Waals surface area contributed by atoms with E-state index in [2.05, 4.69) is 13.2 Å². The van der Waals surface area contributed by atoms with Gasteiger partial charge in [-0.05, 0) is 42.2 Å². The van der Waals surface area contributed by atoms with Crippen LogP contribution >= 0.6 is 0 Å². The van der Waals surface area contributed by atoms with Crippen LogP contribution in [0.1, 0.15) is 27.9 Å². The average Bonchev–Trinajstić information content (AvgIpc) is 2.45. The molecule has 1 unspecified atom stereocenters. The number of carbonyl (C=O) groups is 1. The third-order valence-corrected chi connectivity index (χ3v) is 3.30. The molecule has 1 amide bonds. The molecule has 4 nitrogen and oxygen atoms in total. The summed E-state index contributed by atoms with van der Waals surface area (Å²) in [6.45, 7) is 7.36. The van der Waals surface area contributed by atoms with E-state index in [9.17, 15) is 4.79 Å². The molecule has 0 aliphatic heterocycles. The molecule has 19 heavy (non-hydrogen) atoms. The summed E-state index contributed by atoms with van der Waals surface area (Å²) in [5.74, 6) is 0.0686. The van der Waals surface area contributed by atoms with E-state index in [1.807, 2.05) is 6.07 Å². The minimum Gasteiger partial charge on any atom is -0.491 e. The highest BCUT2D eigenvalue weighted by Gasteiger charge is 2.21. The van der Waals surface area contributed by atoms with Gasteiger partial charge >= 0.3 is 0 Å². The Morgan fingerprint density at radius 3 is 2.95 bits per heavy atom. The lowest BCUT2D eigenvalue weighted by atomic mass is 9.88. The number of aryl methyl sites for hydroxylation is 1. The molecule has 0 saturated heterocycles. The lowest BCUT2D eigenvalue weighted by molar-refractivity contribution is 0.0705. The van der Waals surface area contributed by atoms with Crippen LogP contribution in [0.15, 0.2) is 43.2 Å². The van der Waals surface area contributed by atoms with Gasteiger partial charge < -0.3 is 4.74 Å². The molecule has 0 spiro atoms. The Labute approximate surface area is 112 Å². The van der Waals surface area contributed by atoms with E-state index in [0.717, 1.165) is 24.8 Å². The van der Waals surface area contributed by atoms with Crippen molar-refractivity contribution in [2.45, 2.75) is 25.4 Å². The van der Waals surface area contributed by atoms with Gasteiger partial charge in [-0.3, -0.25) is 10.0 Å². The Kier molecular flexibility index (Phi) is 4.02. The molecule has 0 saturated carbocycles. The van der Waals surface area contributed by atoms with E-state index in [-0.39, 0.29) is 6.10 Å². The molecule has 4 heteroatoms. The molecule has 0 radical (unpaired) electrons. The molecule has 2 rings (SSSR count). The standard InChI is InChI=1S/C15H17NO3/c1-3-10(2)19-14-7-6-11-4-5-12(15(17)16-18)8-13(11)9-14/h3-5,8,14,18H,1-2,6-7,9H2,(H,16,17). The lowest BCUT2D eigenvalue weighted by Crippen LogP contribution is -2.24. The zero-order valence-electron chi connectivity index (χ0n) is 10.7. The van der Waals surface area contributed by atoms with Gasteiger partial charge in [-0.2, -0.15) is 0 Å². The topological polar surface area (TPSA) is 58.6 Å². The molecular weight excluding hydrogens is 242 g/mol. The fourth-order valence-electron chi connectivity index (χ4n) is 2.29. The maximum atomic E-state index is 11.4. The molecule has 1 atom stereocenters. The van der Waals surface area contributed by atoms with Gasteiger partial charge in [0.25, 0.3) is 5.91 Å². The highest BCUT2D eigenvalue weighted by Crippen LogP contribution is 2.25. The lowest BCUT2D eigenvalue weighted by Gasteiger charge is -2.26. The first-order valence-electron chi connectivity index (χ1n) is 6.18. The average molecular weight is 259 g/mol. The quantitative estimate of drug-likeness (QED) is 0.378. The molecular formula is C15H17NO3. The molecule has 100 valence electrons. The van der Waals surface area contributed by atoms with E-state index in [4.69, 9.17) is 9.94 Å². The predicted octanol–water partition coefficient (Wildman–Crippen LogP) is 2.38. The van der Waals surface area contributed by atoms with Gasteiger partial charge in [0.1, 0.15) is 11.9 Å². The van der Waals surface area contributed by atoms with E-state index >= 15 is 0 Å². The maximum absolute atomic E-state index is 11.4. The summed E-state index contributed by atoms with van der Waals surface area (Å²) in [5, 5.41) is 8.65. The summed E-state index contributed by atoms with van der Waals surface area (Å²) in [5.41, 5.74) is 4.39. The molecule has 0 bridgehead atoms. The van der Waals surface area contributed by atoms with Crippen LogP contribution in [0, 0.1) is 0 Å². The summed E-state index contributed by atoms with van der Waals surface area (Å²) in [4.78, 5) is 11.4. The predicted molar refractivity (Wildman–Crippen MR) is 71.9 cm³/mol. The van der Waals surface area contributed by atoms with Crippen LogP contribution in [0.3, 0.4) is 0 Å². The number of benzene rings is 1. The Balaban J connectivity index is 2.16. The fraction of sp³-hybridized carbons (Fsp3) is 0.267. The van der Waals surface area contributed by atoms with E-state index in [1.54, 1.807) is 23.7 Å². The third-order valence-electron chi connectivity index (χ3n) is 3.30. The number of rotatable bonds is 4. The minimum atomic E-state index is -0.499. The Bertz CT molecular complexity index is 522. The van der Waals surface area contributed by atoms with Crippen LogP contribution in [-0.4, -0.2) is 17.2 Å². The van der Waals surface area contributed by atoms with Gasteiger partial charge in [-0.15, -0.1) is 0 Å². The molecule has 1 aromatic rings. The van der Waals surface area contributed by atoms with Gasteiger partial charge in [0.05, 0.1) is 0 Å². The number of hydrogen-bond donors (Lipinski definition) is 2. The summed E-state index contributed by atoms with van der Waals surface area (Å²) in [7, 11) is 0. The van der Waals surface area contributed by atoms with Crippen LogP contribution < -0.4 is 5.48 Å². The van der Waals surface area contributed by atoms with Crippen molar-refractivity contribution < 1.29 is 14.7 Å². The number of hydrogen-bond acceptors (Lipinski definition) is 3. The number of carbonyl (C=O) groups excluding carboxylic acids is 1. The molecule has 0 heterocycles. The van der Waals surface area contributed by atoms with Crippen molar-refractivity contribution in [3.63, 3.8) is 0 Å². The normalized spacial score (nSPS) is 17.2. The SMILES string of the molecule is C=CC(=C)OC1CCc2ccc(C(=O)NO)cc2C1. The zero-order chi connectivity index (χ0) is 13.8. The summed E-state index contributed by atoms with van der Waals surface area (Å²) in [6.07, 6.45) is 4.21. The second-order valence-electron chi connectivity index (χ2n) is 4.58. The number of hydroxylamine groups is 1. The van der Waals surface area contributed by atoms with Crippen LogP contribution in [0.2, 0.25) is 0 Å². The summed E-state index contributed by atoms with van der Waals surface area (Å²) < 4.78 is 5.66. The molecule has 1 aliphatic rings. The summed E-state index contributed by atoms with van der Waals surface area (Å²) >= 11 is 0. The second kappa shape index (κ2) is 5.71. The van der Waals surface area contributed by atoms with Gasteiger partial charge in [0.2, 0.25) is 0 Å². The van der Waals surface area contributed by atoms with Crippen molar-refractivity contribution in [1.29, 1.82) is 0 Å². The number of amides is 1. The Hall–Kier alpha value is -2.07. The highest BCUT2D eigenvalue weighted by molar-refractivity contribution is 5.93. The third kappa shape index (κ3) is 3.03. The van der Waals surface area contributed by atoms with E-state index in [1.165, 1.54) is 5.56 Å². The van der Waals surface area contributed by atoms with Gasteiger partial charge in [-0.25, -0.2) is 5.48 Å².